The van der Waals surface area contributed by atoms with Crippen molar-refractivity contribution in [1.82, 2.24) is 0 Å². The summed E-state index contributed by atoms with van der Waals surface area (Å²) in [5.41, 5.74) is 4.42. The summed E-state index contributed by atoms with van der Waals surface area (Å²) in [6, 6.07) is 16.2. The SMILES string of the molecule is CNc1ccccc1/C=C(/Cl)c1ccccc1C. The molecule has 0 bridgehead atoms. The van der Waals surface area contributed by atoms with E-state index in [2.05, 4.69) is 18.3 Å². The van der Waals surface area contributed by atoms with Crippen molar-refractivity contribution in [3.8, 4) is 0 Å². The van der Waals surface area contributed by atoms with Crippen molar-refractivity contribution in [2.45, 2.75) is 6.92 Å². The van der Waals surface area contributed by atoms with Crippen LogP contribution in [0.5, 0.6) is 0 Å². The maximum Gasteiger partial charge on any atom is 0.0487 e. The van der Waals surface area contributed by atoms with Gasteiger partial charge in [-0.3, -0.25) is 0 Å². The Morgan fingerprint density at radius 1 is 1.06 bits per heavy atom. The molecule has 0 amide bonds. The Kier molecular flexibility index (Phi) is 4.06. The lowest BCUT2D eigenvalue weighted by Crippen LogP contribution is -1.91. The molecule has 1 nitrogen and oxygen atoms in total. The highest BCUT2D eigenvalue weighted by molar-refractivity contribution is 6.51. The van der Waals surface area contributed by atoms with Crippen molar-refractivity contribution in [2.24, 2.45) is 0 Å². The van der Waals surface area contributed by atoms with Gasteiger partial charge < -0.3 is 5.32 Å². The molecule has 2 rings (SSSR count). The molecule has 0 unspecified atom stereocenters. The number of nitrogens with one attached hydrogen (secondary N) is 1. The van der Waals surface area contributed by atoms with Crippen LogP contribution in [0.2, 0.25) is 0 Å². The van der Waals surface area contributed by atoms with E-state index in [4.69, 9.17) is 11.6 Å². The number of hydrogen-bond acceptors (Lipinski definition) is 1. The summed E-state index contributed by atoms with van der Waals surface area (Å²) in [4.78, 5) is 0. The third-order valence-electron chi connectivity index (χ3n) is 2.91. The Hall–Kier alpha value is -1.73. The van der Waals surface area contributed by atoms with Crippen LogP contribution >= 0.6 is 11.6 Å². The molecule has 92 valence electrons. The average Bonchev–Trinajstić information content (AvgIpc) is 2.39. The minimum Gasteiger partial charge on any atom is -0.388 e. The van der Waals surface area contributed by atoms with E-state index in [-0.39, 0.29) is 0 Å². The quantitative estimate of drug-likeness (QED) is 0.781. The molecule has 0 fully saturated rings. The van der Waals surface area contributed by atoms with Crippen LogP contribution in [0.3, 0.4) is 0 Å². The van der Waals surface area contributed by atoms with Gasteiger partial charge in [-0.1, -0.05) is 54.1 Å². The lowest BCUT2D eigenvalue weighted by atomic mass is 10.1. The van der Waals surface area contributed by atoms with Crippen molar-refractivity contribution in [3.05, 3.63) is 65.2 Å². The van der Waals surface area contributed by atoms with Gasteiger partial charge in [0, 0.05) is 17.8 Å². The molecular formula is C16H16ClN. The number of anilines is 1. The number of halogens is 1. The van der Waals surface area contributed by atoms with Gasteiger partial charge in [-0.25, -0.2) is 0 Å². The summed E-state index contributed by atoms with van der Waals surface area (Å²) in [5.74, 6) is 0. The lowest BCUT2D eigenvalue weighted by molar-refractivity contribution is 1.44. The topological polar surface area (TPSA) is 12.0 Å². The molecule has 0 aromatic heterocycles. The highest BCUT2D eigenvalue weighted by atomic mass is 35.5. The summed E-state index contributed by atoms with van der Waals surface area (Å²) >= 11 is 6.41. The normalized spacial score (nSPS) is 11.4. The van der Waals surface area contributed by atoms with Crippen molar-refractivity contribution in [1.29, 1.82) is 0 Å². The summed E-state index contributed by atoms with van der Waals surface area (Å²) in [6.07, 6.45) is 2.00. The second-order valence-electron chi connectivity index (χ2n) is 4.14. The van der Waals surface area contributed by atoms with Gasteiger partial charge in [0.05, 0.1) is 0 Å². The van der Waals surface area contributed by atoms with E-state index in [0.29, 0.717) is 0 Å². The van der Waals surface area contributed by atoms with E-state index in [1.807, 2.05) is 55.6 Å². The van der Waals surface area contributed by atoms with Crippen LogP contribution in [0, 0.1) is 6.92 Å². The molecule has 0 saturated heterocycles. The van der Waals surface area contributed by atoms with E-state index < -0.39 is 0 Å². The van der Waals surface area contributed by atoms with E-state index >= 15 is 0 Å². The maximum absolute atomic E-state index is 6.41. The largest absolute Gasteiger partial charge is 0.388 e. The van der Waals surface area contributed by atoms with Crippen LogP contribution < -0.4 is 5.32 Å². The molecule has 0 heterocycles. The van der Waals surface area contributed by atoms with Gasteiger partial charge in [-0.05, 0) is 35.8 Å². The molecule has 1 N–H and O–H groups in total. The van der Waals surface area contributed by atoms with Gasteiger partial charge in [0.15, 0.2) is 0 Å². The van der Waals surface area contributed by atoms with Crippen LogP contribution in [0.1, 0.15) is 16.7 Å². The van der Waals surface area contributed by atoms with Gasteiger partial charge >= 0.3 is 0 Å². The van der Waals surface area contributed by atoms with E-state index in [1.54, 1.807) is 0 Å². The monoisotopic (exact) mass is 257 g/mol. The molecule has 0 aliphatic carbocycles. The fourth-order valence-electron chi connectivity index (χ4n) is 1.91. The zero-order chi connectivity index (χ0) is 13.0. The minimum atomic E-state index is 0.760. The van der Waals surface area contributed by atoms with Crippen LogP contribution in [0.25, 0.3) is 11.1 Å². The Morgan fingerprint density at radius 2 is 1.72 bits per heavy atom. The summed E-state index contributed by atoms with van der Waals surface area (Å²) < 4.78 is 0. The summed E-state index contributed by atoms with van der Waals surface area (Å²) in [6.45, 7) is 2.07. The zero-order valence-corrected chi connectivity index (χ0v) is 11.3. The molecule has 2 aromatic rings. The second kappa shape index (κ2) is 5.74. The molecule has 0 saturated carbocycles. The molecule has 0 spiro atoms. The Labute approximate surface area is 113 Å². The smallest absolute Gasteiger partial charge is 0.0487 e. The Morgan fingerprint density at radius 3 is 2.44 bits per heavy atom. The lowest BCUT2D eigenvalue weighted by Gasteiger charge is -2.07. The van der Waals surface area contributed by atoms with Crippen LogP contribution in [-0.4, -0.2) is 7.05 Å². The molecule has 0 aliphatic rings. The van der Waals surface area contributed by atoms with Crippen molar-refractivity contribution >= 4 is 28.4 Å². The zero-order valence-electron chi connectivity index (χ0n) is 10.6. The van der Waals surface area contributed by atoms with Crippen LogP contribution in [-0.2, 0) is 0 Å². The van der Waals surface area contributed by atoms with E-state index in [0.717, 1.165) is 21.8 Å². The van der Waals surface area contributed by atoms with Crippen molar-refractivity contribution < 1.29 is 0 Å². The number of rotatable bonds is 3. The second-order valence-corrected chi connectivity index (χ2v) is 4.55. The van der Waals surface area contributed by atoms with Gasteiger partial charge in [0.2, 0.25) is 0 Å². The Balaban J connectivity index is 2.42. The molecule has 0 radical (unpaired) electrons. The number of aryl methyl sites for hydroxylation is 1. The standard InChI is InChI=1S/C16H16ClN/c1-12-7-3-5-9-14(12)15(17)11-13-8-4-6-10-16(13)18-2/h3-11,18H,1-2H3/b15-11+. The summed E-state index contributed by atoms with van der Waals surface area (Å²) in [5, 5.41) is 3.92. The van der Waals surface area contributed by atoms with Gasteiger partial charge in [0.1, 0.15) is 0 Å². The highest BCUT2D eigenvalue weighted by Gasteiger charge is 2.03. The first-order valence-electron chi connectivity index (χ1n) is 5.92. The van der Waals surface area contributed by atoms with Crippen LogP contribution in [0.15, 0.2) is 48.5 Å². The fourth-order valence-corrected chi connectivity index (χ4v) is 2.24. The van der Waals surface area contributed by atoms with Crippen molar-refractivity contribution in [3.63, 3.8) is 0 Å². The molecule has 0 aliphatic heterocycles. The molecular weight excluding hydrogens is 242 g/mol. The van der Waals surface area contributed by atoms with E-state index in [1.165, 1.54) is 5.56 Å². The first-order chi connectivity index (χ1) is 8.72. The van der Waals surface area contributed by atoms with E-state index in [9.17, 15) is 0 Å². The molecule has 18 heavy (non-hydrogen) atoms. The summed E-state index contributed by atoms with van der Waals surface area (Å²) in [7, 11) is 1.91. The van der Waals surface area contributed by atoms with Gasteiger partial charge in [-0.15, -0.1) is 0 Å². The predicted octanol–water partition coefficient (Wildman–Crippen LogP) is 4.77. The number of para-hydroxylation sites is 1. The minimum absolute atomic E-state index is 0.760. The van der Waals surface area contributed by atoms with Crippen LogP contribution in [0.4, 0.5) is 5.69 Å². The molecule has 2 aromatic carbocycles. The Bertz CT molecular complexity index is 573. The third-order valence-corrected chi connectivity index (χ3v) is 3.23. The first-order valence-corrected chi connectivity index (χ1v) is 6.30. The molecule has 0 atom stereocenters. The fraction of sp³-hybridized carbons (Fsp3) is 0.125. The molecule has 2 heteroatoms. The first kappa shape index (κ1) is 12.7. The number of hydrogen-bond donors (Lipinski definition) is 1. The highest BCUT2D eigenvalue weighted by Crippen LogP contribution is 2.27. The van der Waals surface area contributed by atoms with Gasteiger partial charge in [0.25, 0.3) is 0 Å². The predicted molar refractivity (Wildman–Crippen MR) is 80.9 cm³/mol. The maximum atomic E-state index is 6.41. The van der Waals surface area contributed by atoms with Gasteiger partial charge in [-0.2, -0.15) is 0 Å². The average molecular weight is 258 g/mol. The van der Waals surface area contributed by atoms with Crippen molar-refractivity contribution in [2.75, 3.05) is 12.4 Å². The third kappa shape index (κ3) is 2.74. The number of benzene rings is 2.